The number of fused-ring (bicyclic) bond motifs is 1. The minimum Gasteiger partial charge on any atom is -0.493 e. The van der Waals surface area contributed by atoms with E-state index in [1.54, 1.807) is 26.5 Å². The van der Waals surface area contributed by atoms with Crippen LogP contribution in [0.2, 0.25) is 0 Å². The summed E-state index contributed by atoms with van der Waals surface area (Å²) in [6.07, 6.45) is 2.61. The highest BCUT2D eigenvalue weighted by Crippen LogP contribution is 2.37. The first-order valence-electron chi connectivity index (χ1n) is 8.61. The number of benzene rings is 2. The number of hydrogen-bond acceptors (Lipinski definition) is 4. The van der Waals surface area contributed by atoms with E-state index in [9.17, 15) is 4.79 Å². The van der Waals surface area contributed by atoms with Gasteiger partial charge in [0.1, 0.15) is 5.75 Å². The number of ether oxygens (including phenoxy) is 3. The van der Waals surface area contributed by atoms with Gasteiger partial charge in [-0.15, -0.1) is 0 Å². The average Bonchev–Trinajstić information content (AvgIpc) is 2.67. The second kappa shape index (κ2) is 7.52. The third-order valence-corrected chi connectivity index (χ3v) is 4.36. The molecule has 0 amide bonds. The van der Waals surface area contributed by atoms with Crippen LogP contribution in [0.5, 0.6) is 17.2 Å². The molecule has 0 aliphatic heterocycles. The van der Waals surface area contributed by atoms with Crippen LogP contribution in [0.15, 0.2) is 41.3 Å². The highest BCUT2D eigenvalue weighted by Gasteiger charge is 2.17. The van der Waals surface area contributed by atoms with Gasteiger partial charge < -0.3 is 19.2 Å². The Labute approximate surface area is 152 Å². The van der Waals surface area contributed by atoms with E-state index in [1.165, 1.54) is 0 Å². The number of para-hydroxylation sites is 1. The Kier molecular flexibility index (Phi) is 5.16. The van der Waals surface area contributed by atoms with Crippen LogP contribution in [0.25, 0.3) is 22.0 Å². The molecule has 0 spiro atoms. The van der Waals surface area contributed by atoms with E-state index in [0.717, 1.165) is 12.0 Å². The number of aromatic amines is 1. The zero-order valence-corrected chi connectivity index (χ0v) is 15.5. The summed E-state index contributed by atoms with van der Waals surface area (Å²) < 4.78 is 16.6. The Bertz CT molecular complexity index is 991. The number of aryl methyl sites for hydroxylation is 1. The van der Waals surface area contributed by atoms with E-state index in [-0.39, 0.29) is 5.43 Å². The van der Waals surface area contributed by atoms with Crippen molar-refractivity contribution in [3.63, 3.8) is 0 Å². The standard InChI is InChI=1S/C21H23NO4/c1-5-11-26-16-10-9-13(2)18-19(16)22-12-15(20(18)23)14-7-6-8-17(24-3)21(14)25-4/h6-10,12H,5,11H2,1-4H3,(H,22,23). The molecular formula is C21H23NO4. The monoisotopic (exact) mass is 353 g/mol. The molecule has 3 aromatic rings. The SMILES string of the molecule is CCCOc1ccc(C)c2c(=O)c(-c3cccc(OC)c3OC)c[nH]c12. The van der Waals surface area contributed by atoms with Gasteiger partial charge in [-0.1, -0.05) is 25.1 Å². The molecule has 1 aromatic heterocycles. The Morgan fingerprint density at radius 2 is 1.81 bits per heavy atom. The second-order valence-electron chi connectivity index (χ2n) is 6.05. The van der Waals surface area contributed by atoms with Crippen molar-refractivity contribution in [3.05, 3.63) is 52.3 Å². The van der Waals surface area contributed by atoms with Gasteiger partial charge in [0.15, 0.2) is 16.9 Å². The van der Waals surface area contributed by atoms with Crippen molar-refractivity contribution in [1.82, 2.24) is 4.98 Å². The summed E-state index contributed by atoms with van der Waals surface area (Å²) in [4.78, 5) is 16.5. The van der Waals surface area contributed by atoms with Crippen molar-refractivity contribution < 1.29 is 14.2 Å². The predicted molar refractivity (Wildman–Crippen MR) is 104 cm³/mol. The maximum absolute atomic E-state index is 13.3. The molecule has 0 unspecified atom stereocenters. The molecule has 0 fully saturated rings. The van der Waals surface area contributed by atoms with Gasteiger partial charge in [0.05, 0.1) is 31.7 Å². The van der Waals surface area contributed by atoms with E-state index in [0.29, 0.717) is 45.9 Å². The van der Waals surface area contributed by atoms with Gasteiger partial charge in [0.25, 0.3) is 0 Å². The minimum atomic E-state index is -0.0650. The number of pyridine rings is 1. The van der Waals surface area contributed by atoms with E-state index < -0.39 is 0 Å². The molecule has 0 saturated carbocycles. The molecule has 5 heteroatoms. The molecule has 0 aliphatic carbocycles. The first-order chi connectivity index (χ1) is 12.6. The predicted octanol–water partition coefficient (Wildman–Crippen LogP) is 4.31. The van der Waals surface area contributed by atoms with Crippen molar-refractivity contribution in [3.8, 4) is 28.4 Å². The van der Waals surface area contributed by atoms with Crippen molar-refractivity contribution in [2.24, 2.45) is 0 Å². The fraction of sp³-hybridized carbons (Fsp3) is 0.286. The van der Waals surface area contributed by atoms with Crippen molar-refractivity contribution in [1.29, 1.82) is 0 Å². The summed E-state index contributed by atoms with van der Waals surface area (Å²) in [6, 6.07) is 9.31. The van der Waals surface area contributed by atoms with E-state index >= 15 is 0 Å². The lowest BCUT2D eigenvalue weighted by Gasteiger charge is -2.14. The molecular weight excluding hydrogens is 330 g/mol. The van der Waals surface area contributed by atoms with Gasteiger partial charge in [0, 0.05) is 17.3 Å². The molecule has 136 valence electrons. The molecule has 2 aromatic carbocycles. The lowest BCUT2D eigenvalue weighted by molar-refractivity contribution is 0.320. The van der Waals surface area contributed by atoms with Crippen LogP contribution in [0, 0.1) is 6.92 Å². The average molecular weight is 353 g/mol. The number of methoxy groups -OCH3 is 2. The van der Waals surface area contributed by atoms with Crippen LogP contribution in [0.1, 0.15) is 18.9 Å². The number of H-pyrrole nitrogens is 1. The number of hydrogen-bond donors (Lipinski definition) is 1. The Morgan fingerprint density at radius 1 is 1.00 bits per heavy atom. The van der Waals surface area contributed by atoms with Gasteiger partial charge in [-0.05, 0) is 31.0 Å². The summed E-state index contributed by atoms with van der Waals surface area (Å²) >= 11 is 0. The third kappa shape index (κ3) is 3.01. The molecule has 5 nitrogen and oxygen atoms in total. The molecule has 0 radical (unpaired) electrons. The number of nitrogens with one attached hydrogen (secondary N) is 1. The Hall–Kier alpha value is -2.95. The zero-order valence-electron chi connectivity index (χ0n) is 15.5. The highest BCUT2D eigenvalue weighted by molar-refractivity contribution is 5.91. The van der Waals surface area contributed by atoms with E-state index in [1.807, 2.05) is 38.1 Å². The van der Waals surface area contributed by atoms with Crippen LogP contribution < -0.4 is 19.6 Å². The normalized spacial score (nSPS) is 10.8. The summed E-state index contributed by atoms with van der Waals surface area (Å²) in [5, 5.41) is 0.626. The quantitative estimate of drug-likeness (QED) is 0.717. The molecule has 3 rings (SSSR count). The molecule has 0 aliphatic rings. The van der Waals surface area contributed by atoms with Gasteiger partial charge >= 0.3 is 0 Å². The summed E-state index contributed by atoms with van der Waals surface area (Å²) in [5.74, 6) is 1.81. The minimum absolute atomic E-state index is 0.0650. The van der Waals surface area contributed by atoms with Gasteiger partial charge in [-0.3, -0.25) is 4.79 Å². The first kappa shape index (κ1) is 17.9. The third-order valence-electron chi connectivity index (χ3n) is 4.36. The molecule has 26 heavy (non-hydrogen) atoms. The maximum Gasteiger partial charge on any atom is 0.197 e. The number of rotatable bonds is 6. The Balaban J connectivity index is 2.26. The van der Waals surface area contributed by atoms with Crippen molar-refractivity contribution in [2.45, 2.75) is 20.3 Å². The molecule has 1 N–H and O–H groups in total. The smallest absolute Gasteiger partial charge is 0.197 e. The van der Waals surface area contributed by atoms with Gasteiger partial charge in [0.2, 0.25) is 0 Å². The summed E-state index contributed by atoms with van der Waals surface area (Å²) in [5.41, 5.74) is 2.77. The number of aromatic nitrogens is 1. The van der Waals surface area contributed by atoms with Crippen LogP contribution in [0.3, 0.4) is 0 Å². The van der Waals surface area contributed by atoms with Gasteiger partial charge in [-0.2, -0.15) is 0 Å². The van der Waals surface area contributed by atoms with Crippen molar-refractivity contribution >= 4 is 10.9 Å². The summed E-state index contributed by atoms with van der Waals surface area (Å²) in [6.45, 7) is 4.58. The topological polar surface area (TPSA) is 60.6 Å². The van der Waals surface area contributed by atoms with Crippen LogP contribution in [0.4, 0.5) is 0 Å². The van der Waals surface area contributed by atoms with Gasteiger partial charge in [-0.25, -0.2) is 0 Å². The molecule has 1 heterocycles. The van der Waals surface area contributed by atoms with Crippen LogP contribution in [-0.4, -0.2) is 25.8 Å². The largest absolute Gasteiger partial charge is 0.493 e. The van der Waals surface area contributed by atoms with Crippen LogP contribution >= 0.6 is 0 Å². The van der Waals surface area contributed by atoms with E-state index in [4.69, 9.17) is 14.2 Å². The maximum atomic E-state index is 13.3. The van der Waals surface area contributed by atoms with Crippen molar-refractivity contribution in [2.75, 3.05) is 20.8 Å². The molecule has 0 bridgehead atoms. The van der Waals surface area contributed by atoms with E-state index in [2.05, 4.69) is 4.98 Å². The van der Waals surface area contributed by atoms with Crippen LogP contribution in [-0.2, 0) is 0 Å². The fourth-order valence-electron chi connectivity index (χ4n) is 3.10. The first-order valence-corrected chi connectivity index (χ1v) is 8.61. The zero-order chi connectivity index (χ0) is 18.7. The Morgan fingerprint density at radius 3 is 2.50 bits per heavy atom. The molecule has 0 saturated heterocycles. The second-order valence-corrected chi connectivity index (χ2v) is 6.05. The lowest BCUT2D eigenvalue weighted by atomic mass is 10.0. The molecule has 0 atom stereocenters. The summed E-state index contributed by atoms with van der Waals surface area (Å²) in [7, 11) is 3.15. The lowest BCUT2D eigenvalue weighted by Crippen LogP contribution is -2.10. The highest BCUT2D eigenvalue weighted by atomic mass is 16.5. The fourth-order valence-corrected chi connectivity index (χ4v) is 3.10.